The van der Waals surface area contributed by atoms with Gasteiger partial charge in [0.25, 0.3) is 0 Å². The normalized spacial score (nSPS) is 20.0. The number of rotatable bonds is 3. The Morgan fingerprint density at radius 2 is 1.83 bits per heavy atom. The number of nitriles is 1. The zero-order valence-electron chi connectivity index (χ0n) is 14.0. The molecule has 24 heavy (non-hydrogen) atoms. The molecule has 1 unspecified atom stereocenters. The molecule has 1 aromatic carbocycles. The molecule has 0 bridgehead atoms. The molecule has 0 spiro atoms. The second-order valence-corrected chi connectivity index (χ2v) is 6.51. The largest absolute Gasteiger partial charge is 0.367 e. The van der Waals surface area contributed by atoms with Crippen LogP contribution < -0.4 is 4.90 Å². The van der Waals surface area contributed by atoms with E-state index in [1.807, 2.05) is 22.8 Å². The molecular formula is C18H23FN4O. The van der Waals surface area contributed by atoms with Crippen LogP contribution in [0.5, 0.6) is 0 Å². The monoisotopic (exact) mass is 330 g/mol. The van der Waals surface area contributed by atoms with Crippen LogP contribution in [0, 0.1) is 17.1 Å². The molecular weight excluding hydrogens is 307 g/mol. The summed E-state index contributed by atoms with van der Waals surface area (Å²) in [6.07, 6.45) is 2.20. The van der Waals surface area contributed by atoms with E-state index in [1.54, 1.807) is 12.1 Å². The number of piperazine rings is 1. The van der Waals surface area contributed by atoms with Gasteiger partial charge in [-0.1, -0.05) is 0 Å². The molecule has 2 heterocycles. The summed E-state index contributed by atoms with van der Waals surface area (Å²) in [4.78, 5) is 18.6. The van der Waals surface area contributed by atoms with Gasteiger partial charge in [-0.3, -0.25) is 9.69 Å². The van der Waals surface area contributed by atoms with E-state index >= 15 is 0 Å². The number of carbonyl (C=O) groups excluding carboxylic acids is 1. The van der Waals surface area contributed by atoms with Gasteiger partial charge in [-0.25, -0.2) is 4.39 Å². The molecule has 2 aliphatic rings. The smallest absolute Gasteiger partial charge is 0.239 e. The molecule has 0 aliphatic carbocycles. The molecule has 2 aliphatic heterocycles. The van der Waals surface area contributed by atoms with E-state index in [0.717, 1.165) is 39.0 Å². The third kappa shape index (κ3) is 3.36. The van der Waals surface area contributed by atoms with Crippen molar-refractivity contribution in [1.82, 2.24) is 9.80 Å². The number of amides is 1. The van der Waals surface area contributed by atoms with Crippen LogP contribution in [-0.4, -0.2) is 61.0 Å². The molecule has 0 aromatic heterocycles. The van der Waals surface area contributed by atoms with Crippen molar-refractivity contribution in [2.45, 2.75) is 25.8 Å². The molecule has 1 amide bonds. The lowest BCUT2D eigenvalue weighted by Crippen LogP contribution is -2.54. The van der Waals surface area contributed by atoms with Gasteiger partial charge < -0.3 is 9.80 Å². The summed E-state index contributed by atoms with van der Waals surface area (Å²) in [5.41, 5.74) is 0.867. The zero-order chi connectivity index (χ0) is 17.1. The highest BCUT2D eigenvalue weighted by molar-refractivity contribution is 5.81. The van der Waals surface area contributed by atoms with E-state index < -0.39 is 0 Å². The van der Waals surface area contributed by atoms with Crippen LogP contribution in [0.15, 0.2) is 18.2 Å². The number of nitrogens with zero attached hydrogens (tertiary/aromatic N) is 4. The standard InChI is InChI=1S/C18H23FN4O/c1-14(18(24)23-6-2-3-7-23)21-8-10-22(11-9-21)17-5-4-15(13-20)12-16(17)19/h4-5,12,14H,2-3,6-11H2,1H3. The maximum atomic E-state index is 14.1. The number of likely N-dealkylation sites (tertiary alicyclic amines) is 1. The summed E-state index contributed by atoms with van der Waals surface area (Å²) in [5, 5.41) is 8.83. The Morgan fingerprint density at radius 3 is 2.42 bits per heavy atom. The van der Waals surface area contributed by atoms with E-state index in [1.165, 1.54) is 6.07 Å². The first-order valence-electron chi connectivity index (χ1n) is 8.57. The summed E-state index contributed by atoms with van der Waals surface area (Å²) < 4.78 is 14.1. The van der Waals surface area contributed by atoms with Gasteiger partial charge in [-0.15, -0.1) is 0 Å². The lowest BCUT2D eigenvalue weighted by atomic mass is 10.1. The van der Waals surface area contributed by atoms with Crippen LogP contribution in [0.3, 0.4) is 0 Å². The van der Waals surface area contributed by atoms with Crippen LogP contribution in [0.4, 0.5) is 10.1 Å². The van der Waals surface area contributed by atoms with Crippen LogP contribution >= 0.6 is 0 Å². The second kappa shape index (κ2) is 7.18. The highest BCUT2D eigenvalue weighted by atomic mass is 19.1. The SMILES string of the molecule is CC(C(=O)N1CCCC1)N1CCN(c2ccc(C#N)cc2F)CC1. The molecule has 1 atom stereocenters. The highest BCUT2D eigenvalue weighted by Crippen LogP contribution is 2.23. The Balaban J connectivity index is 1.59. The first-order chi connectivity index (χ1) is 11.6. The number of hydrogen-bond acceptors (Lipinski definition) is 4. The molecule has 2 saturated heterocycles. The van der Waals surface area contributed by atoms with Crippen LogP contribution in [0.25, 0.3) is 0 Å². The average Bonchev–Trinajstić information content (AvgIpc) is 3.15. The minimum Gasteiger partial charge on any atom is -0.367 e. The van der Waals surface area contributed by atoms with Crippen molar-refractivity contribution in [1.29, 1.82) is 5.26 Å². The number of carbonyl (C=O) groups is 1. The fourth-order valence-corrected chi connectivity index (χ4v) is 3.54. The summed E-state index contributed by atoms with van der Waals surface area (Å²) in [7, 11) is 0. The summed E-state index contributed by atoms with van der Waals surface area (Å²) in [5.74, 6) is -0.144. The van der Waals surface area contributed by atoms with Crippen LogP contribution in [0.1, 0.15) is 25.3 Å². The number of halogens is 1. The predicted molar refractivity (Wildman–Crippen MR) is 90.2 cm³/mol. The van der Waals surface area contributed by atoms with Gasteiger partial charge in [0, 0.05) is 39.3 Å². The van der Waals surface area contributed by atoms with Gasteiger partial charge in [0.05, 0.1) is 23.4 Å². The molecule has 5 nitrogen and oxygen atoms in total. The first kappa shape index (κ1) is 16.7. The van der Waals surface area contributed by atoms with Gasteiger partial charge in [0.15, 0.2) is 0 Å². The van der Waals surface area contributed by atoms with Crippen molar-refractivity contribution in [3.8, 4) is 6.07 Å². The number of benzene rings is 1. The van der Waals surface area contributed by atoms with E-state index in [2.05, 4.69) is 4.90 Å². The predicted octanol–water partition coefficient (Wildman–Crippen LogP) is 1.83. The maximum Gasteiger partial charge on any atom is 0.239 e. The third-order valence-electron chi connectivity index (χ3n) is 5.05. The van der Waals surface area contributed by atoms with Gasteiger partial charge >= 0.3 is 0 Å². The zero-order valence-corrected chi connectivity index (χ0v) is 14.0. The van der Waals surface area contributed by atoms with E-state index in [-0.39, 0.29) is 17.8 Å². The second-order valence-electron chi connectivity index (χ2n) is 6.51. The Bertz CT molecular complexity index is 643. The fourth-order valence-electron chi connectivity index (χ4n) is 3.54. The Morgan fingerprint density at radius 1 is 1.17 bits per heavy atom. The fraction of sp³-hybridized carbons (Fsp3) is 0.556. The van der Waals surface area contributed by atoms with Crippen molar-refractivity contribution < 1.29 is 9.18 Å². The van der Waals surface area contributed by atoms with E-state index in [0.29, 0.717) is 24.3 Å². The molecule has 0 saturated carbocycles. The van der Waals surface area contributed by atoms with Crippen LogP contribution in [0.2, 0.25) is 0 Å². The highest BCUT2D eigenvalue weighted by Gasteiger charge is 2.30. The van der Waals surface area contributed by atoms with E-state index in [4.69, 9.17) is 5.26 Å². The lowest BCUT2D eigenvalue weighted by molar-refractivity contribution is -0.135. The first-order valence-corrected chi connectivity index (χ1v) is 8.57. The van der Waals surface area contributed by atoms with Crippen molar-refractivity contribution >= 4 is 11.6 Å². The van der Waals surface area contributed by atoms with E-state index in [9.17, 15) is 9.18 Å². The molecule has 3 rings (SSSR count). The Labute approximate surface area is 142 Å². The van der Waals surface area contributed by atoms with Crippen molar-refractivity contribution in [2.75, 3.05) is 44.2 Å². The Kier molecular flexibility index (Phi) is 5.00. The summed E-state index contributed by atoms with van der Waals surface area (Å²) in [6, 6.07) is 6.43. The van der Waals surface area contributed by atoms with Gasteiger partial charge in [-0.05, 0) is 38.0 Å². The quantitative estimate of drug-likeness (QED) is 0.848. The maximum absolute atomic E-state index is 14.1. The van der Waals surface area contributed by atoms with Crippen molar-refractivity contribution in [3.63, 3.8) is 0 Å². The van der Waals surface area contributed by atoms with Crippen LogP contribution in [-0.2, 0) is 4.79 Å². The minimum atomic E-state index is -0.358. The molecule has 1 aromatic rings. The minimum absolute atomic E-state index is 0.115. The van der Waals surface area contributed by atoms with Gasteiger partial charge in [0.2, 0.25) is 5.91 Å². The molecule has 6 heteroatoms. The third-order valence-corrected chi connectivity index (χ3v) is 5.05. The van der Waals surface area contributed by atoms with Gasteiger partial charge in [-0.2, -0.15) is 5.26 Å². The Hall–Kier alpha value is -2.13. The van der Waals surface area contributed by atoms with Crippen molar-refractivity contribution in [2.24, 2.45) is 0 Å². The van der Waals surface area contributed by atoms with Crippen molar-refractivity contribution in [3.05, 3.63) is 29.6 Å². The molecule has 0 N–H and O–H groups in total. The number of anilines is 1. The molecule has 0 radical (unpaired) electrons. The molecule has 2 fully saturated rings. The lowest BCUT2D eigenvalue weighted by Gasteiger charge is -2.39. The summed E-state index contributed by atoms with van der Waals surface area (Å²) >= 11 is 0. The molecule has 128 valence electrons. The number of hydrogen-bond donors (Lipinski definition) is 0. The van der Waals surface area contributed by atoms with Gasteiger partial charge in [0.1, 0.15) is 5.82 Å². The summed E-state index contributed by atoms with van der Waals surface area (Å²) in [6.45, 7) is 6.55. The topological polar surface area (TPSA) is 50.6 Å². The average molecular weight is 330 g/mol.